The van der Waals surface area contributed by atoms with Crippen molar-refractivity contribution >= 4 is 34.1 Å². The number of carbonyl (C=O) groups excluding carboxylic acids is 2. The van der Waals surface area contributed by atoms with Gasteiger partial charge in [-0.3, -0.25) is 9.59 Å². The van der Waals surface area contributed by atoms with Gasteiger partial charge in [-0.05, 0) is 67.3 Å². The van der Waals surface area contributed by atoms with Gasteiger partial charge in [-0.2, -0.15) is 0 Å². The van der Waals surface area contributed by atoms with E-state index in [0.29, 0.717) is 36.2 Å². The van der Waals surface area contributed by atoms with Crippen LogP contribution in [0.2, 0.25) is 0 Å². The van der Waals surface area contributed by atoms with E-state index in [-0.39, 0.29) is 18.2 Å². The molecule has 2 N–H and O–H groups in total. The zero-order chi connectivity index (χ0) is 29.4. The summed E-state index contributed by atoms with van der Waals surface area (Å²) in [4.78, 5) is 28.6. The van der Waals surface area contributed by atoms with Gasteiger partial charge in [-0.15, -0.1) is 10.2 Å². The van der Waals surface area contributed by atoms with Crippen molar-refractivity contribution in [3.63, 3.8) is 0 Å². The van der Waals surface area contributed by atoms with Gasteiger partial charge >= 0.3 is 0 Å². The van der Waals surface area contributed by atoms with Crippen LogP contribution in [0.1, 0.15) is 30.3 Å². The Morgan fingerprint density at radius 3 is 2.45 bits per heavy atom. The minimum Gasteiger partial charge on any atom is -0.496 e. The summed E-state index contributed by atoms with van der Waals surface area (Å²) in [7, 11) is 3.26. The zero-order valence-electron chi connectivity index (χ0n) is 23.9. The molecule has 0 atom stereocenters. The maximum absolute atomic E-state index is 12.4. The predicted octanol–water partition coefficient (Wildman–Crippen LogP) is 4.43. The summed E-state index contributed by atoms with van der Waals surface area (Å²) < 4.78 is 16.8. The fourth-order valence-corrected chi connectivity index (χ4v) is 5.68. The summed E-state index contributed by atoms with van der Waals surface area (Å²) in [5, 5.41) is 9.48. The van der Waals surface area contributed by atoms with Crippen LogP contribution in [0, 0.1) is 0 Å². The number of methoxy groups -OCH3 is 2. The highest BCUT2D eigenvalue weighted by atomic mass is 16.5. The van der Waals surface area contributed by atoms with Crippen molar-refractivity contribution in [3.8, 4) is 33.8 Å². The van der Waals surface area contributed by atoms with E-state index in [4.69, 9.17) is 19.9 Å². The number of amides is 2. The molecular formula is C32H33N5O5. The number of nitrogens with two attached hydrogens (primary N) is 1. The van der Waals surface area contributed by atoms with Crippen LogP contribution in [0.3, 0.4) is 0 Å². The van der Waals surface area contributed by atoms with Gasteiger partial charge in [0.15, 0.2) is 5.69 Å². The molecule has 2 aliphatic rings. The Kier molecular flexibility index (Phi) is 7.38. The van der Waals surface area contributed by atoms with Crippen LogP contribution in [0.15, 0.2) is 54.6 Å². The molecule has 2 heterocycles. The Bertz CT molecular complexity index is 1690. The van der Waals surface area contributed by atoms with Crippen molar-refractivity contribution in [2.24, 2.45) is 5.73 Å². The fourth-order valence-electron chi connectivity index (χ4n) is 5.68. The zero-order valence-corrected chi connectivity index (χ0v) is 23.9. The summed E-state index contributed by atoms with van der Waals surface area (Å²) in [6.07, 6.45) is 2.15. The lowest BCUT2D eigenvalue weighted by Gasteiger charge is -2.27. The van der Waals surface area contributed by atoms with Crippen LogP contribution in [-0.2, 0) is 9.53 Å². The molecule has 2 amide bonds. The van der Waals surface area contributed by atoms with Crippen LogP contribution in [0.4, 0.5) is 11.4 Å². The van der Waals surface area contributed by atoms with Gasteiger partial charge in [-0.25, -0.2) is 0 Å². The lowest BCUT2D eigenvalue weighted by molar-refractivity contribution is -0.125. The second-order valence-electron chi connectivity index (χ2n) is 10.4. The standard InChI is InChI=1S/C32H33N5O5/c1-4-36(21-7-8-21)31-24-10-5-20(16-26(24)34-35-30(31)32(33)39)25-15-19(6-12-27(25)40-2)23-11-9-22(17-28(23)41-3)37-13-14-42-18-29(37)38/h5-6,9-12,15-17,21H,4,7-8,13-14,18H2,1-3H3,(H2,33,39). The van der Waals surface area contributed by atoms with E-state index >= 15 is 0 Å². The van der Waals surface area contributed by atoms with E-state index in [1.807, 2.05) is 54.6 Å². The van der Waals surface area contributed by atoms with Crippen molar-refractivity contribution in [3.05, 3.63) is 60.3 Å². The molecule has 10 heteroatoms. The molecule has 216 valence electrons. The van der Waals surface area contributed by atoms with E-state index in [1.165, 1.54) is 0 Å². The third kappa shape index (κ3) is 4.98. The van der Waals surface area contributed by atoms with Crippen LogP contribution in [0.25, 0.3) is 33.2 Å². The number of morpholine rings is 1. The third-order valence-electron chi connectivity index (χ3n) is 7.89. The number of carbonyl (C=O) groups is 2. The highest BCUT2D eigenvalue weighted by Crippen LogP contribution is 2.41. The maximum atomic E-state index is 12.4. The number of hydrogen-bond acceptors (Lipinski definition) is 8. The predicted molar refractivity (Wildman–Crippen MR) is 161 cm³/mol. The van der Waals surface area contributed by atoms with Gasteiger partial charge in [0.2, 0.25) is 0 Å². The summed E-state index contributed by atoms with van der Waals surface area (Å²) in [6, 6.07) is 18.0. The number of rotatable bonds is 9. The number of primary amides is 1. The second-order valence-corrected chi connectivity index (χ2v) is 10.4. The summed E-state index contributed by atoms with van der Waals surface area (Å²) in [5.74, 6) is 0.681. The highest BCUT2D eigenvalue weighted by molar-refractivity contribution is 6.06. The molecule has 1 aliphatic heterocycles. The molecule has 1 aliphatic carbocycles. The normalized spacial score (nSPS) is 15.1. The summed E-state index contributed by atoms with van der Waals surface area (Å²) >= 11 is 0. The molecule has 2 fully saturated rings. The number of hydrogen-bond donors (Lipinski definition) is 1. The van der Waals surface area contributed by atoms with Crippen molar-refractivity contribution in [2.75, 3.05) is 50.3 Å². The molecule has 0 unspecified atom stereocenters. The monoisotopic (exact) mass is 567 g/mol. The van der Waals surface area contributed by atoms with Crippen LogP contribution >= 0.6 is 0 Å². The SMILES string of the molecule is CCN(c1c(C(N)=O)nnc2cc(-c3cc(-c4ccc(N5CCOCC5=O)cc4OC)ccc3OC)ccc12)C1CC1. The first kappa shape index (κ1) is 27.5. The number of benzene rings is 3. The fraction of sp³-hybridized carbons (Fsp3) is 0.312. The van der Waals surface area contributed by atoms with Crippen molar-refractivity contribution in [1.29, 1.82) is 0 Å². The second kappa shape index (κ2) is 11.3. The molecule has 3 aromatic carbocycles. The first-order valence-corrected chi connectivity index (χ1v) is 14.0. The van der Waals surface area contributed by atoms with Crippen molar-refractivity contribution in [2.45, 2.75) is 25.8 Å². The number of nitrogens with zero attached hydrogens (tertiary/aromatic N) is 4. The smallest absolute Gasteiger partial charge is 0.271 e. The van der Waals surface area contributed by atoms with Gasteiger partial charge in [0, 0.05) is 47.4 Å². The minimum absolute atomic E-state index is 0.0738. The van der Waals surface area contributed by atoms with E-state index in [2.05, 4.69) is 22.0 Å². The van der Waals surface area contributed by atoms with E-state index in [9.17, 15) is 9.59 Å². The Balaban J connectivity index is 1.42. The minimum atomic E-state index is -0.588. The summed E-state index contributed by atoms with van der Waals surface area (Å²) in [5.41, 5.74) is 11.6. The molecule has 1 saturated heterocycles. The average molecular weight is 568 g/mol. The van der Waals surface area contributed by atoms with Crippen LogP contribution < -0.4 is 25.0 Å². The largest absolute Gasteiger partial charge is 0.496 e. The van der Waals surface area contributed by atoms with Crippen molar-refractivity contribution in [1.82, 2.24) is 10.2 Å². The molecule has 6 rings (SSSR count). The third-order valence-corrected chi connectivity index (χ3v) is 7.89. The molecule has 0 bridgehead atoms. The number of ether oxygens (including phenoxy) is 3. The van der Waals surface area contributed by atoms with Gasteiger partial charge in [0.25, 0.3) is 11.8 Å². The Morgan fingerprint density at radius 2 is 1.76 bits per heavy atom. The van der Waals surface area contributed by atoms with Gasteiger partial charge in [0.05, 0.1) is 32.0 Å². The summed E-state index contributed by atoms with van der Waals surface area (Å²) in [6.45, 7) is 3.88. The molecule has 0 radical (unpaired) electrons. The molecule has 1 saturated carbocycles. The molecule has 4 aromatic rings. The molecule has 10 nitrogen and oxygen atoms in total. The molecule has 1 aromatic heterocycles. The molecule has 42 heavy (non-hydrogen) atoms. The van der Waals surface area contributed by atoms with Gasteiger partial charge < -0.3 is 29.7 Å². The first-order valence-electron chi connectivity index (χ1n) is 14.0. The Hall–Kier alpha value is -4.70. The average Bonchev–Trinajstić information content (AvgIpc) is 3.86. The Labute approximate surface area is 244 Å². The number of fused-ring (bicyclic) bond motifs is 1. The van der Waals surface area contributed by atoms with Gasteiger partial charge in [0.1, 0.15) is 18.1 Å². The Morgan fingerprint density at radius 1 is 1.00 bits per heavy atom. The van der Waals surface area contributed by atoms with Crippen LogP contribution in [0.5, 0.6) is 11.5 Å². The van der Waals surface area contributed by atoms with Crippen molar-refractivity contribution < 1.29 is 23.8 Å². The lowest BCUT2D eigenvalue weighted by atomic mass is 9.96. The first-order chi connectivity index (χ1) is 20.4. The number of anilines is 2. The maximum Gasteiger partial charge on any atom is 0.271 e. The molecule has 0 spiro atoms. The molecular weight excluding hydrogens is 534 g/mol. The lowest BCUT2D eigenvalue weighted by Crippen LogP contribution is -2.41. The van der Waals surface area contributed by atoms with E-state index < -0.39 is 5.91 Å². The highest BCUT2D eigenvalue weighted by Gasteiger charge is 2.32. The van der Waals surface area contributed by atoms with E-state index in [0.717, 1.165) is 58.4 Å². The topological polar surface area (TPSA) is 120 Å². The quantitative estimate of drug-likeness (QED) is 0.315. The van der Waals surface area contributed by atoms with Gasteiger partial charge in [-0.1, -0.05) is 12.1 Å². The van der Waals surface area contributed by atoms with E-state index in [1.54, 1.807) is 19.1 Å². The number of aromatic nitrogens is 2. The van der Waals surface area contributed by atoms with Crippen LogP contribution in [-0.4, -0.2) is 68.6 Å².